The molecule has 1 saturated carbocycles. The molecule has 0 aromatic heterocycles. The minimum Gasteiger partial charge on any atom is -0.393 e. The molecule has 0 unspecified atom stereocenters. The molecule has 1 atom stereocenters. The zero-order valence-corrected chi connectivity index (χ0v) is 8.89. The molecule has 2 nitrogen and oxygen atoms in total. The van der Waals surface area contributed by atoms with Crippen molar-refractivity contribution in [2.24, 2.45) is 5.92 Å². The molecule has 0 aliphatic heterocycles. The van der Waals surface area contributed by atoms with Crippen LogP contribution in [0.4, 0.5) is 0 Å². The highest BCUT2D eigenvalue weighted by atomic mass is 16.3. The predicted molar refractivity (Wildman–Crippen MR) is 59.4 cm³/mol. The first kappa shape index (κ1) is 10.7. The van der Waals surface area contributed by atoms with Gasteiger partial charge in [-0.2, -0.15) is 0 Å². The molecule has 1 fully saturated rings. The highest BCUT2D eigenvalue weighted by Crippen LogP contribution is 2.40. The predicted octanol–water partition coefficient (Wildman–Crippen LogP) is 2.06. The summed E-state index contributed by atoms with van der Waals surface area (Å²) in [5, 5.41) is 20.0. The van der Waals surface area contributed by atoms with Gasteiger partial charge in [-0.15, -0.1) is 0 Å². The van der Waals surface area contributed by atoms with E-state index >= 15 is 0 Å². The lowest BCUT2D eigenvalue weighted by Crippen LogP contribution is -2.37. The zero-order chi connectivity index (χ0) is 10.7. The molecule has 2 N–H and O–H groups in total. The Kier molecular flexibility index (Phi) is 3.08. The Morgan fingerprint density at radius 1 is 1.13 bits per heavy atom. The molecule has 0 spiro atoms. The van der Waals surface area contributed by atoms with Crippen LogP contribution < -0.4 is 0 Å². The molecule has 1 aromatic rings. The van der Waals surface area contributed by atoms with E-state index in [0.29, 0.717) is 0 Å². The molecule has 0 bridgehead atoms. The van der Waals surface area contributed by atoms with E-state index in [1.54, 1.807) is 0 Å². The maximum absolute atomic E-state index is 10.5. The van der Waals surface area contributed by atoms with Crippen molar-refractivity contribution in [1.82, 2.24) is 0 Å². The summed E-state index contributed by atoms with van der Waals surface area (Å²) in [6.07, 6.45) is 4.37. The van der Waals surface area contributed by atoms with Crippen molar-refractivity contribution in [1.29, 1.82) is 0 Å². The van der Waals surface area contributed by atoms with Gasteiger partial charge in [0.15, 0.2) is 0 Å². The lowest BCUT2D eigenvalue weighted by atomic mass is 9.81. The smallest absolute Gasteiger partial charge is 0.115 e. The van der Waals surface area contributed by atoms with Crippen molar-refractivity contribution in [2.75, 3.05) is 6.61 Å². The van der Waals surface area contributed by atoms with Gasteiger partial charge in [0.1, 0.15) is 5.60 Å². The third kappa shape index (κ3) is 1.92. The van der Waals surface area contributed by atoms with Crippen LogP contribution in [0.3, 0.4) is 0 Å². The van der Waals surface area contributed by atoms with Crippen LogP contribution in [-0.4, -0.2) is 16.8 Å². The molecule has 1 aromatic carbocycles. The third-order valence-electron chi connectivity index (χ3n) is 3.55. The van der Waals surface area contributed by atoms with Gasteiger partial charge in [-0.25, -0.2) is 0 Å². The van der Waals surface area contributed by atoms with E-state index in [1.165, 1.54) is 12.8 Å². The summed E-state index contributed by atoms with van der Waals surface area (Å²) in [4.78, 5) is 0. The number of aliphatic hydroxyl groups excluding tert-OH is 1. The fourth-order valence-electron chi connectivity index (χ4n) is 2.59. The fraction of sp³-hybridized carbons (Fsp3) is 0.538. The minimum atomic E-state index is -1.03. The number of hydrogen-bond donors (Lipinski definition) is 2. The summed E-state index contributed by atoms with van der Waals surface area (Å²) in [6, 6.07) is 9.54. The molecule has 0 amide bonds. The zero-order valence-electron chi connectivity index (χ0n) is 8.89. The standard InChI is InChI=1S/C13H18O2/c14-10-13(15,12-8-4-5-9-12)11-6-2-1-3-7-11/h1-3,6-7,12,14-15H,4-5,8-10H2/t13-/m0/s1. The van der Waals surface area contributed by atoms with Crippen LogP contribution in [0.1, 0.15) is 31.2 Å². The van der Waals surface area contributed by atoms with Gasteiger partial charge in [0.05, 0.1) is 6.61 Å². The van der Waals surface area contributed by atoms with E-state index in [9.17, 15) is 10.2 Å². The molecule has 82 valence electrons. The average molecular weight is 206 g/mol. The summed E-state index contributed by atoms with van der Waals surface area (Å²) in [7, 11) is 0. The number of aliphatic hydroxyl groups is 2. The molecule has 1 aliphatic carbocycles. The lowest BCUT2D eigenvalue weighted by Gasteiger charge is -2.32. The normalized spacial score (nSPS) is 21.5. The van der Waals surface area contributed by atoms with Gasteiger partial charge in [-0.3, -0.25) is 0 Å². The lowest BCUT2D eigenvalue weighted by molar-refractivity contribution is -0.0661. The van der Waals surface area contributed by atoms with Crippen molar-refractivity contribution in [3.05, 3.63) is 35.9 Å². The van der Waals surface area contributed by atoms with Crippen LogP contribution >= 0.6 is 0 Å². The van der Waals surface area contributed by atoms with Crippen LogP contribution in [0, 0.1) is 5.92 Å². The molecule has 1 aliphatic rings. The first-order valence-corrected chi connectivity index (χ1v) is 5.66. The van der Waals surface area contributed by atoms with E-state index in [0.717, 1.165) is 18.4 Å². The van der Waals surface area contributed by atoms with Crippen molar-refractivity contribution >= 4 is 0 Å². The number of benzene rings is 1. The van der Waals surface area contributed by atoms with Crippen molar-refractivity contribution in [3.63, 3.8) is 0 Å². The topological polar surface area (TPSA) is 40.5 Å². The highest BCUT2D eigenvalue weighted by molar-refractivity contribution is 5.23. The monoisotopic (exact) mass is 206 g/mol. The van der Waals surface area contributed by atoms with Gasteiger partial charge >= 0.3 is 0 Å². The first-order valence-electron chi connectivity index (χ1n) is 5.66. The van der Waals surface area contributed by atoms with E-state index in [1.807, 2.05) is 30.3 Å². The SMILES string of the molecule is OC[C@](O)(c1ccccc1)C1CCCC1. The fourth-order valence-corrected chi connectivity index (χ4v) is 2.59. The molecule has 2 heteroatoms. The Balaban J connectivity index is 2.28. The molecule has 0 heterocycles. The minimum absolute atomic E-state index is 0.179. The Morgan fingerprint density at radius 2 is 1.73 bits per heavy atom. The van der Waals surface area contributed by atoms with Gasteiger partial charge in [0, 0.05) is 0 Å². The van der Waals surface area contributed by atoms with Crippen LogP contribution in [0.15, 0.2) is 30.3 Å². The second-order valence-corrected chi connectivity index (χ2v) is 4.43. The summed E-state index contributed by atoms with van der Waals surface area (Å²) >= 11 is 0. The molecular formula is C13H18O2. The van der Waals surface area contributed by atoms with Crippen LogP contribution in [0.5, 0.6) is 0 Å². The molecular weight excluding hydrogens is 188 g/mol. The van der Waals surface area contributed by atoms with Gasteiger partial charge < -0.3 is 10.2 Å². The van der Waals surface area contributed by atoms with E-state index in [2.05, 4.69) is 0 Å². The Labute approximate surface area is 90.6 Å². The molecule has 2 rings (SSSR count). The van der Waals surface area contributed by atoms with E-state index in [4.69, 9.17) is 0 Å². The largest absolute Gasteiger partial charge is 0.393 e. The second kappa shape index (κ2) is 4.33. The molecule has 15 heavy (non-hydrogen) atoms. The maximum atomic E-state index is 10.5. The maximum Gasteiger partial charge on any atom is 0.115 e. The summed E-state index contributed by atoms with van der Waals surface area (Å²) in [5.41, 5.74) is -0.183. The van der Waals surface area contributed by atoms with E-state index < -0.39 is 5.60 Å². The van der Waals surface area contributed by atoms with Crippen LogP contribution in [0.2, 0.25) is 0 Å². The quantitative estimate of drug-likeness (QED) is 0.794. The summed E-state index contributed by atoms with van der Waals surface area (Å²) in [6.45, 7) is -0.179. The van der Waals surface area contributed by atoms with Gasteiger partial charge in [0.2, 0.25) is 0 Å². The van der Waals surface area contributed by atoms with Gasteiger partial charge in [0.25, 0.3) is 0 Å². The van der Waals surface area contributed by atoms with Crippen molar-refractivity contribution in [2.45, 2.75) is 31.3 Å². The number of rotatable bonds is 3. The Bertz CT molecular complexity index is 304. The highest BCUT2D eigenvalue weighted by Gasteiger charge is 2.39. The van der Waals surface area contributed by atoms with Crippen LogP contribution in [-0.2, 0) is 5.60 Å². The second-order valence-electron chi connectivity index (χ2n) is 4.43. The van der Waals surface area contributed by atoms with Crippen molar-refractivity contribution < 1.29 is 10.2 Å². The third-order valence-corrected chi connectivity index (χ3v) is 3.55. The first-order chi connectivity index (χ1) is 7.27. The Morgan fingerprint density at radius 3 is 2.27 bits per heavy atom. The number of hydrogen-bond acceptors (Lipinski definition) is 2. The Hall–Kier alpha value is -0.860. The van der Waals surface area contributed by atoms with Gasteiger partial charge in [-0.1, -0.05) is 43.2 Å². The van der Waals surface area contributed by atoms with Crippen LogP contribution in [0.25, 0.3) is 0 Å². The summed E-state index contributed by atoms with van der Waals surface area (Å²) < 4.78 is 0. The van der Waals surface area contributed by atoms with E-state index in [-0.39, 0.29) is 12.5 Å². The molecule has 0 saturated heterocycles. The summed E-state index contributed by atoms with van der Waals surface area (Å²) in [5.74, 6) is 0.213. The van der Waals surface area contributed by atoms with Gasteiger partial charge in [-0.05, 0) is 24.3 Å². The van der Waals surface area contributed by atoms with Crippen molar-refractivity contribution in [3.8, 4) is 0 Å². The average Bonchev–Trinajstić information content (AvgIpc) is 2.83. The molecule has 0 radical (unpaired) electrons.